The van der Waals surface area contributed by atoms with Crippen LogP contribution in [-0.4, -0.2) is 62.6 Å². The van der Waals surface area contributed by atoms with Gasteiger partial charge in [0.2, 0.25) is 0 Å². The summed E-state index contributed by atoms with van der Waals surface area (Å²) in [6.07, 6.45) is 11.8. The van der Waals surface area contributed by atoms with E-state index in [-0.39, 0.29) is 0 Å². The summed E-state index contributed by atoms with van der Waals surface area (Å²) in [5.41, 5.74) is 0. The summed E-state index contributed by atoms with van der Waals surface area (Å²) in [6.45, 7) is 9.88. The molecule has 0 amide bonds. The normalized spacial score (nSPS) is 13.1. The highest BCUT2D eigenvalue weighted by Gasteiger charge is 2.40. The zero-order valence-corrected chi connectivity index (χ0v) is 19.7. The van der Waals surface area contributed by atoms with Gasteiger partial charge in [-0.1, -0.05) is 40.0 Å². The van der Waals surface area contributed by atoms with E-state index in [0.717, 1.165) is 51.0 Å². The summed E-state index contributed by atoms with van der Waals surface area (Å²) in [5.74, 6) is 0. The van der Waals surface area contributed by atoms with E-state index in [0.29, 0.717) is 39.6 Å². The monoisotopic (exact) mass is 430 g/mol. The summed E-state index contributed by atoms with van der Waals surface area (Å²) >= 11 is 0. The molecule has 0 aliphatic carbocycles. The van der Waals surface area contributed by atoms with Gasteiger partial charge in [-0.25, -0.2) is 4.98 Å². The molecule has 29 heavy (non-hydrogen) atoms. The van der Waals surface area contributed by atoms with Crippen molar-refractivity contribution in [2.45, 2.75) is 84.4 Å². The van der Waals surface area contributed by atoms with Crippen LogP contribution in [0.25, 0.3) is 0 Å². The molecule has 0 radical (unpaired) electrons. The number of rotatable bonds is 20. The summed E-state index contributed by atoms with van der Waals surface area (Å²) in [5, 5.41) is 10.1. The highest BCUT2D eigenvalue weighted by Crippen LogP contribution is 2.20. The zero-order valence-electron chi connectivity index (χ0n) is 18.7. The number of aromatic nitrogens is 2. The van der Waals surface area contributed by atoms with Gasteiger partial charge in [0.05, 0.1) is 25.6 Å². The molecule has 1 aromatic rings. The van der Waals surface area contributed by atoms with Gasteiger partial charge in [0.15, 0.2) is 0 Å². The first-order valence-corrected chi connectivity index (χ1v) is 13.2. The molecular formula is C21H42N2O5Si. The van der Waals surface area contributed by atoms with E-state index in [2.05, 4.69) is 25.8 Å². The Morgan fingerprint density at radius 2 is 1.48 bits per heavy atom. The zero-order chi connectivity index (χ0) is 21.2. The molecule has 0 aliphatic heterocycles. The van der Waals surface area contributed by atoms with E-state index < -0.39 is 14.9 Å². The second kappa shape index (κ2) is 17.0. The number of hydrogen-bond donors (Lipinski definition) is 1. The van der Waals surface area contributed by atoms with Crippen molar-refractivity contribution in [2.24, 2.45) is 0 Å². The minimum absolute atomic E-state index is 0.302. The predicted octanol–water partition coefficient (Wildman–Crippen LogP) is 4.04. The molecule has 1 aromatic heterocycles. The first-order valence-electron chi connectivity index (χ1n) is 11.3. The molecule has 1 atom stereocenters. The highest BCUT2D eigenvalue weighted by atomic mass is 28.4. The number of aliphatic hydroxyl groups is 1. The van der Waals surface area contributed by atoms with E-state index in [9.17, 15) is 5.11 Å². The molecule has 0 bridgehead atoms. The lowest BCUT2D eigenvalue weighted by Gasteiger charge is -2.30. The van der Waals surface area contributed by atoms with Crippen LogP contribution in [0, 0.1) is 0 Å². The smallest absolute Gasteiger partial charge is 0.389 e. The van der Waals surface area contributed by atoms with E-state index in [1.54, 1.807) is 12.5 Å². The van der Waals surface area contributed by atoms with Crippen molar-refractivity contribution < 1.29 is 23.1 Å². The van der Waals surface area contributed by atoms with Crippen LogP contribution in [0.4, 0.5) is 0 Å². The number of unbranched alkanes of at least 4 members (excludes halogenated alkanes) is 3. The molecule has 1 heterocycles. The third-order valence-corrected chi connectivity index (χ3v) is 7.42. The second-order valence-corrected chi connectivity index (χ2v) is 10.1. The van der Waals surface area contributed by atoms with Crippen LogP contribution in [0.3, 0.4) is 0 Å². The van der Waals surface area contributed by atoms with Gasteiger partial charge in [0.25, 0.3) is 0 Å². The van der Waals surface area contributed by atoms with Gasteiger partial charge in [-0.05, 0) is 25.7 Å². The maximum atomic E-state index is 10.1. The molecular weight excluding hydrogens is 388 g/mol. The van der Waals surface area contributed by atoms with Gasteiger partial charge in [0.1, 0.15) is 0 Å². The van der Waals surface area contributed by atoms with Gasteiger partial charge in [0, 0.05) is 44.9 Å². The minimum Gasteiger partial charge on any atom is -0.389 e. The lowest BCUT2D eigenvalue weighted by Crippen LogP contribution is -2.47. The SMILES string of the molecule is CCCCO[Si](CCCOCC(O)Cn1ccnc1)(OCCCC)OCCCC. The van der Waals surface area contributed by atoms with E-state index in [1.165, 1.54) is 0 Å². The largest absolute Gasteiger partial charge is 0.501 e. The minimum atomic E-state index is -2.69. The summed E-state index contributed by atoms with van der Waals surface area (Å²) < 4.78 is 26.3. The Balaban J connectivity index is 2.44. The van der Waals surface area contributed by atoms with Crippen molar-refractivity contribution in [1.82, 2.24) is 9.55 Å². The molecule has 0 saturated carbocycles. The highest BCUT2D eigenvalue weighted by molar-refractivity contribution is 6.60. The van der Waals surface area contributed by atoms with Crippen molar-refractivity contribution in [3.63, 3.8) is 0 Å². The third kappa shape index (κ3) is 12.5. The summed E-state index contributed by atoms with van der Waals surface area (Å²) in [7, 11) is -2.69. The van der Waals surface area contributed by atoms with Gasteiger partial charge in [-0.15, -0.1) is 0 Å². The van der Waals surface area contributed by atoms with Crippen LogP contribution in [-0.2, 0) is 24.6 Å². The van der Waals surface area contributed by atoms with E-state index in [1.807, 2.05) is 10.8 Å². The third-order valence-electron chi connectivity index (χ3n) is 4.52. The fourth-order valence-electron chi connectivity index (χ4n) is 2.76. The van der Waals surface area contributed by atoms with Gasteiger partial charge < -0.3 is 27.7 Å². The lowest BCUT2D eigenvalue weighted by molar-refractivity contribution is 0.0235. The molecule has 1 rings (SSSR count). The number of hydrogen-bond acceptors (Lipinski definition) is 6. The molecule has 0 saturated heterocycles. The van der Waals surface area contributed by atoms with Crippen LogP contribution in [0.5, 0.6) is 0 Å². The van der Waals surface area contributed by atoms with Crippen molar-refractivity contribution >= 4 is 8.80 Å². The standard InChI is InChI=1S/C21H42N2O5Si/c1-4-7-14-26-29(27-15-8-5-2,28-16-9-6-3)17-10-13-25-19-21(24)18-23-12-11-22-20-23/h11-12,20-21,24H,4-10,13-19H2,1-3H3. The van der Waals surface area contributed by atoms with E-state index >= 15 is 0 Å². The number of ether oxygens (including phenoxy) is 1. The van der Waals surface area contributed by atoms with Crippen molar-refractivity contribution in [3.8, 4) is 0 Å². The molecule has 1 N–H and O–H groups in total. The number of nitrogens with zero attached hydrogens (tertiary/aromatic N) is 2. The fraction of sp³-hybridized carbons (Fsp3) is 0.857. The summed E-state index contributed by atoms with van der Waals surface area (Å²) in [6, 6.07) is 0.752. The van der Waals surface area contributed by atoms with Gasteiger partial charge in [-0.2, -0.15) is 0 Å². The fourth-order valence-corrected chi connectivity index (χ4v) is 5.38. The van der Waals surface area contributed by atoms with Crippen LogP contribution in [0.15, 0.2) is 18.7 Å². The topological polar surface area (TPSA) is 75.0 Å². The molecule has 0 fully saturated rings. The Bertz CT molecular complexity index is 449. The Morgan fingerprint density at radius 1 is 0.897 bits per heavy atom. The first kappa shape index (κ1) is 26.3. The van der Waals surface area contributed by atoms with Crippen LogP contribution in [0.1, 0.15) is 65.7 Å². The predicted molar refractivity (Wildman–Crippen MR) is 117 cm³/mol. The Hall–Kier alpha value is -0.773. The van der Waals surface area contributed by atoms with Crippen molar-refractivity contribution in [2.75, 3.05) is 33.0 Å². The average molecular weight is 431 g/mol. The first-order chi connectivity index (χ1) is 14.2. The number of aliphatic hydroxyl groups excluding tert-OH is 1. The molecule has 0 spiro atoms. The average Bonchev–Trinajstić information content (AvgIpc) is 3.21. The second-order valence-electron chi connectivity index (χ2n) is 7.38. The maximum Gasteiger partial charge on any atom is 0.501 e. The van der Waals surface area contributed by atoms with Crippen LogP contribution >= 0.6 is 0 Å². The van der Waals surface area contributed by atoms with Crippen LogP contribution in [0.2, 0.25) is 6.04 Å². The van der Waals surface area contributed by atoms with Crippen molar-refractivity contribution in [3.05, 3.63) is 18.7 Å². The Kier molecular flexibility index (Phi) is 15.4. The summed E-state index contributed by atoms with van der Waals surface area (Å²) in [4.78, 5) is 3.98. The number of imidazole rings is 1. The maximum absolute atomic E-state index is 10.1. The molecule has 170 valence electrons. The molecule has 7 nitrogen and oxygen atoms in total. The molecule has 0 aliphatic rings. The molecule has 8 heteroatoms. The van der Waals surface area contributed by atoms with E-state index in [4.69, 9.17) is 18.0 Å². The Morgan fingerprint density at radius 3 is 1.97 bits per heavy atom. The van der Waals surface area contributed by atoms with Gasteiger partial charge >= 0.3 is 8.80 Å². The molecule has 1 unspecified atom stereocenters. The Labute approximate surface area is 178 Å². The quantitative estimate of drug-likeness (QED) is 0.249. The van der Waals surface area contributed by atoms with Crippen LogP contribution < -0.4 is 0 Å². The van der Waals surface area contributed by atoms with Crippen molar-refractivity contribution in [1.29, 1.82) is 0 Å². The van der Waals surface area contributed by atoms with Gasteiger partial charge in [-0.3, -0.25) is 0 Å². The molecule has 0 aromatic carbocycles. The lowest BCUT2D eigenvalue weighted by atomic mass is 10.4.